The number of halogens is 1. The van der Waals surface area contributed by atoms with E-state index in [4.69, 9.17) is 0 Å². The molecule has 3 rings (SSSR count). The van der Waals surface area contributed by atoms with Crippen molar-refractivity contribution in [1.29, 1.82) is 0 Å². The SMILES string of the molecule is CN(C)C(=O)N1CCc2c(cncc2C(=O)NCCc2ccc(F)cc2)C1. The molecular formula is C20H23FN4O2. The Bertz CT molecular complexity index is 836. The maximum atomic E-state index is 12.9. The van der Waals surface area contributed by atoms with Gasteiger partial charge in [0, 0.05) is 46.1 Å². The van der Waals surface area contributed by atoms with Crippen molar-refractivity contribution >= 4 is 11.9 Å². The minimum absolute atomic E-state index is 0.0465. The van der Waals surface area contributed by atoms with Crippen LogP contribution >= 0.6 is 0 Å². The lowest BCUT2D eigenvalue weighted by Gasteiger charge is -2.31. The van der Waals surface area contributed by atoms with Crippen molar-refractivity contribution in [3.63, 3.8) is 0 Å². The Kier molecular flexibility index (Phi) is 5.69. The quantitative estimate of drug-likeness (QED) is 0.898. The van der Waals surface area contributed by atoms with E-state index in [0.29, 0.717) is 38.0 Å². The van der Waals surface area contributed by atoms with Crippen LogP contribution in [0.15, 0.2) is 36.7 Å². The number of urea groups is 1. The van der Waals surface area contributed by atoms with Crippen LogP contribution in [0.5, 0.6) is 0 Å². The van der Waals surface area contributed by atoms with Crippen LogP contribution in [0.4, 0.5) is 9.18 Å². The predicted octanol–water partition coefficient (Wildman–Crippen LogP) is 2.23. The van der Waals surface area contributed by atoms with Gasteiger partial charge >= 0.3 is 6.03 Å². The summed E-state index contributed by atoms with van der Waals surface area (Å²) >= 11 is 0. The monoisotopic (exact) mass is 370 g/mol. The lowest BCUT2D eigenvalue weighted by molar-refractivity contribution is 0.0952. The van der Waals surface area contributed by atoms with Crippen LogP contribution in [0, 0.1) is 5.82 Å². The molecule has 0 spiro atoms. The molecule has 0 unspecified atom stereocenters. The molecular weight excluding hydrogens is 347 g/mol. The first kappa shape index (κ1) is 18.8. The topological polar surface area (TPSA) is 65.5 Å². The summed E-state index contributed by atoms with van der Waals surface area (Å²) in [5.41, 5.74) is 3.38. The molecule has 1 aromatic heterocycles. The Morgan fingerprint density at radius 2 is 1.96 bits per heavy atom. The van der Waals surface area contributed by atoms with Gasteiger partial charge in [0.1, 0.15) is 5.82 Å². The third-order valence-electron chi connectivity index (χ3n) is 4.65. The summed E-state index contributed by atoms with van der Waals surface area (Å²) in [6, 6.07) is 6.20. The summed E-state index contributed by atoms with van der Waals surface area (Å²) in [5.74, 6) is -0.444. The smallest absolute Gasteiger partial charge is 0.319 e. The molecule has 1 aliphatic rings. The van der Waals surface area contributed by atoms with Gasteiger partial charge in [-0.25, -0.2) is 9.18 Å². The molecule has 1 N–H and O–H groups in total. The summed E-state index contributed by atoms with van der Waals surface area (Å²) in [6.45, 7) is 1.49. The molecule has 0 radical (unpaired) electrons. The van der Waals surface area contributed by atoms with Crippen molar-refractivity contribution in [1.82, 2.24) is 20.1 Å². The van der Waals surface area contributed by atoms with Gasteiger partial charge in [0.15, 0.2) is 0 Å². The Balaban J connectivity index is 1.64. The van der Waals surface area contributed by atoms with Crippen LogP contribution < -0.4 is 5.32 Å². The minimum Gasteiger partial charge on any atom is -0.352 e. The Morgan fingerprint density at radius 1 is 1.22 bits per heavy atom. The molecule has 0 atom stereocenters. The Hall–Kier alpha value is -2.96. The lowest BCUT2D eigenvalue weighted by atomic mass is 9.97. The van der Waals surface area contributed by atoms with Crippen molar-refractivity contribution < 1.29 is 14.0 Å². The van der Waals surface area contributed by atoms with E-state index in [1.165, 1.54) is 12.1 Å². The van der Waals surface area contributed by atoms with Crippen molar-refractivity contribution in [3.8, 4) is 0 Å². The van der Waals surface area contributed by atoms with Gasteiger partial charge < -0.3 is 15.1 Å². The number of pyridine rings is 1. The zero-order chi connectivity index (χ0) is 19.4. The average molecular weight is 370 g/mol. The molecule has 0 fully saturated rings. The van der Waals surface area contributed by atoms with Gasteiger partial charge in [-0.2, -0.15) is 0 Å². The average Bonchev–Trinajstić information content (AvgIpc) is 2.67. The molecule has 7 heteroatoms. The van der Waals surface area contributed by atoms with Gasteiger partial charge in [-0.1, -0.05) is 12.1 Å². The maximum Gasteiger partial charge on any atom is 0.319 e. The summed E-state index contributed by atoms with van der Waals surface area (Å²) in [5, 5.41) is 2.90. The molecule has 0 saturated heterocycles. The zero-order valence-electron chi connectivity index (χ0n) is 15.5. The van der Waals surface area contributed by atoms with Crippen molar-refractivity contribution in [2.24, 2.45) is 0 Å². The van der Waals surface area contributed by atoms with Crippen molar-refractivity contribution in [2.45, 2.75) is 19.4 Å². The van der Waals surface area contributed by atoms with Crippen LogP contribution in [-0.4, -0.2) is 53.9 Å². The van der Waals surface area contributed by atoms with E-state index in [9.17, 15) is 14.0 Å². The van der Waals surface area contributed by atoms with E-state index in [0.717, 1.165) is 16.7 Å². The second-order valence-corrected chi connectivity index (χ2v) is 6.81. The van der Waals surface area contributed by atoms with Gasteiger partial charge in [-0.05, 0) is 41.7 Å². The highest BCUT2D eigenvalue weighted by Gasteiger charge is 2.25. The van der Waals surface area contributed by atoms with E-state index in [2.05, 4.69) is 10.3 Å². The number of aromatic nitrogens is 1. The molecule has 0 aliphatic carbocycles. The van der Waals surface area contributed by atoms with Crippen LogP contribution in [-0.2, 0) is 19.4 Å². The van der Waals surface area contributed by atoms with E-state index >= 15 is 0 Å². The molecule has 2 aromatic rings. The van der Waals surface area contributed by atoms with Gasteiger partial charge in [0.25, 0.3) is 5.91 Å². The van der Waals surface area contributed by atoms with Crippen molar-refractivity contribution in [2.75, 3.05) is 27.2 Å². The number of rotatable bonds is 4. The van der Waals surface area contributed by atoms with Crippen LogP contribution in [0.3, 0.4) is 0 Å². The van der Waals surface area contributed by atoms with E-state index < -0.39 is 0 Å². The van der Waals surface area contributed by atoms with E-state index in [1.54, 1.807) is 48.4 Å². The number of benzene rings is 1. The van der Waals surface area contributed by atoms with E-state index in [-0.39, 0.29) is 17.8 Å². The standard InChI is InChI=1S/C20H23FN4O2/c1-24(2)20(27)25-10-8-17-15(13-25)11-22-12-18(17)19(26)23-9-7-14-3-5-16(21)6-4-14/h3-6,11-12H,7-10,13H2,1-2H3,(H,23,26). The van der Waals surface area contributed by atoms with Gasteiger partial charge in [0.2, 0.25) is 0 Å². The Morgan fingerprint density at radius 3 is 2.67 bits per heavy atom. The molecule has 142 valence electrons. The van der Waals surface area contributed by atoms with E-state index in [1.807, 2.05) is 0 Å². The lowest BCUT2D eigenvalue weighted by Crippen LogP contribution is -2.42. The second-order valence-electron chi connectivity index (χ2n) is 6.81. The van der Waals surface area contributed by atoms with Gasteiger partial charge in [0.05, 0.1) is 5.56 Å². The highest BCUT2D eigenvalue weighted by Crippen LogP contribution is 2.22. The fourth-order valence-electron chi connectivity index (χ4n) is 3.20. The second kappa shape index (κ2) is 8.16. The first-order chi connectivity index (χ1) is 13.0. The molecule has 6 nitrogen and oxygen atoms in total. The van der Waals surface area contributed by atoms with Crippen molar-refractivity contribution in [3.05, 3.63) is 64.7 Å². The summed E-state index contributed by atoms with van der Waals surface area (Å²) in [6.07, 6.45) is 4.55. The van der Waals surface area contributed by atoms with Crippen LogP contribution in [0.1, 0.15) is 27.0 Å². The number of carbonyl (C=O) groups excluding carboxylic acids is 2. The van der Waals surface area contributed by atoms with Gasteiger partial charge in [-0.3, -0.25) is 9.78 Å². The first-order valence-electron chi connectivity index (χ1n) is 8.90. The number of nitrogens with zero attached hydrogens (tertiary/aromatic N) is 3. The Labute approximate surface area is 158 Å². The van der Waals surface area contributed by atoms with Gasteiger partial charge in [-0.15, -0.1) is 0 Å². The number of fused-ring (bicyclic) bond motifs is 1. The molecule has 2 heterocycles. The highest BCUT2D eigenvalue weighted by atomic mass is 19.1. The molecule has 0 saturated carbocycles. The van der Waals surface area contributed by atoms with Crippen LogP contribution in [0.25, 0.3) is 0 Å². The summed E-state index contributed by atoms with van der Waals surface area (Å²) < 4.78 is 12.9. The third-order valence-corrected chi connectivity index (χ3v) is 4.65. The molecule has 0 bridgehead atoms. The van der Waals surface area contributed by atoms with Crippen LogP contribution in [0.2, 0.25) is 0 Å². The predicted molar refractivity (Wildman–Crippen MR) is 99.9 cm³/mol. The first-order valence-corrected chi connectivity index (χ1v) is 8.90. The molecule has 1 aromatic carbocycles. The minimum atomic E-state index is -0.272. The fraction of sp³-hybridized carbons (Fsp3) is 0.350. The zero-order valence-corrected chi connectivity index (χ0v) is 15.5. The summed E-state index contributed by atoms with van der Waals surface area (Å²) in [4.78, 5) is 32.2. The number of hydrogen-bond acceptors (Lipinski definition) is 3. The molecule has 27 heavy (non-hydrogen) atoms. The number of carbonyl (C=O) groups is 2. The third kappa shape index (κ3) is 4.42. The summed E-state index contributed by atoms with van der Waals surface area (Å²) in [7, 11) is 3.45. The number of nitrogens with one attached hydrogen (secondary N) is 1. The fourth-order valence-corrected chi connectivity index (χ4v) is 3.20. The highest BCUT2D eigenvalue weighted by molar-refractivity contribution is 5.95. The number of hydrogen-bond donors (Lipinski definition) is 1. The normalized spacial score (nSPS) is 13.1. The maximum absolute atomic E-state index is 12.9. The molecule has 1 aliphatic heterocycles. The number of amides is 3. The largest absolute Gasteiger partial charge is 0.352 e. The molecule has 3 amide bonds.